The van der Waals surface area contributed by atoms with Crippen LogP contribution in [0.5, 0.6) is 5.75 Å². The highest BCUT2D eigenvalue weighted by molar-refractivity contribution is 6.19. The summed E-state index contributed by atoms with van der Waals surface area (Å²) in [5.41, 5.74) is 2.59. The van der Waals surface area contributed by atoms with Gasteiger partial charge in [-0.3, -0.25) is 19.4 Å². The van der Waals surface area contributed by atoms with Gasteiger partial charge < -0.3 is 20.3 Å². The number of benzene rings is 2. The summed E-state index contributed by atoms with van der Waals surface area (Å²) in [6.07, 6.45) is 6.83. The maximum absolute atomic E-state index is 14.0. The molecule has 1 aromatic heterocycles. The van der Waals surface area contributed by atoms with E-state index < -0.39 is 17.7 Å². The summed E-state index contributed by atoms with van der Waals surface area (Å²) in [6.45, 7) is 6.80. The molecule has 5 heterocycles. The van der Waals surface area contributed by atoms with Gasteiger partial charge in [0.2, 0.25) is 5.91 Å². The van der Waals surface area contributed by atoms with Gasteiger partial charge in [-0.05, 0) is 56.0 Å². The van der Waals surface area contributed by atoms with Crippen molar-refractivity contribution < 1.29 is 23.1 Å². The van der Waals surface area contributed by atoms with Crippen LogP contribution in [0.3, 0.4) is 0 Å². The second-order valence-corrected chi connectivity index (χ2v) is 13.5. The molecule has 4 aliphatic rings. The van der Waals surface area contributed by atoms with E-state index in [9.17, 15) is 13.6 Å². The fraction of sp³-hybridized carbons (Fsp3) is 0.514. The first-order valence-electron chi connectivity index (χ1n) is 17.2. The van der Waals surface area contributed by atoms with E-state index in [0.717, 1.165) is 50.8 Å². The van der Waals surface area contributed by atoms with Crippen molar-refractivity contribution >= 4 is 46.2 Å². The average molecular weight is 697 g/mol. The van der Waals surface area contributed by atoms with Crippen LogP contribution in [0.1, 0.15) is 50.1 Å². The van der Waals surface area contributed by atoms with Crippen LogP contribution >= 0.6 is 11.6 Å². The number of piperazine rings is 1. The number of piperidine rings is 1. The molecular formula is C35H43ClF2N8O3. The predicted octanol–water partition coefficient (Wildman–Crippen LogP) is 5.71. The number of alkyl halides is 1. The molecule has 0 saturated carbocycles. The van der Waals surface area contributed by atoms with Crippen molar-refractivity contribution in [2.75, 3.05) is 79.5 Å². The van der Waals surface area contributed by atoms with E-state index >= 15 is 0 Å². The standard InChI is InChI=1S/C35H43ClF2N8O3/c1-48-32-19-31(44-10-5-26(6-11-44)45-13-12-43-9-2-3-27(43)21-45)28(42-35(47)4-8-36)18-29(32)41-33-20-34(40-22-39-33)46-30(7-14-49-46)23-15-24(37)17-25(38)16-23/h15-20,22,26-27,30H,2-14,21H2,1H3,(H,42,47)(H,39,40,41). The molecule has 2 atom stereocenters. The summed E-state index contributed by atoms with van der Waals surface area (Å²) < 4.78 is 33.9. The molecule has 2 N–H and O–H groups in total. The molecule has 4 saturated heterocycles. The molecule has 3 aromatic rings. The van der Waals surface area contributed by atoms with Crippen LogP contribution in [0.4, 0.5) is 37.5 Å². The molecule has 14 heteroatoms. The SMILES string of the molecule is COc1cc(N2CCC(N3CCN4CCCC4C3)CC2)c(NC(=O)CCCl)cc1Nc1cc(N2OCCC2c2cc(F)cc(F)c2)ncn1. The van der Waals surface area contributed by atoms with Crippen molar-refractivity contribution in [1.29, 1.82) is 0 Å². The first-order valence-corrected chi connectivity index (χ1v) is 17.7. The lowest BCUT2D eigenvalue weighted by molar-refractivity contribution is -0.115. The lowest BCUT2D eigenvalue weighted by atomic mass is 9.99. The van der Waals surface area contributed by atoms with E-state index in [2.05, 4.69) is 35.3 Å². The van der Waals surface area contributed by atoms with Gasteiger partial charge in [0.05, 0.1) is 36.8 Å². The van der Waals surface area contributed by atoms with Crippen LogP contribution in [-0.2, 0) is 9.63 Å². The van der Waals surface area contributed by atoms with Crippen LogP contribution < -0.4 is 25.3 Å². The van der Waals surface area contributed by atoms with Gasteiger partial charge in [-0.25, -0.2) is 23.8 Å². The summed E-state index contributed by atoms with van der Waals surface area (Å²) in [5, 5.41) is 7.95. The summed E-state index contributed by atoms with van der Waals surface area (Å²) in [5.74, 6) is 0.187. The first kappa shape index (κ1) is 33.7. The number of nitrogens with one attached hydrogen (secondary N) is 2. The molecule has 0 aliphatic carbocycles. The van der Waals surface area contributed by atoms with Gasteiger partial charge in [0.25, 0.3) is 0 Å². The van der Waals surface area contributed by atoms with E-state index in [1.54, 1.807) is 18.2 Å². The smallest absolute Gasteiger partial charge is 0.225 e. The third kappa shape index (κ3) is 7.54. The number of halogens is 3. The molecule has 2 aromatic carbocycles. The predicted molar refractivity (Wildman–Crippen MR) is 186 cm³/mol. The van der Waals surface area contributed by atoms with Crippen molar-refractivity contribution in [1.82, 2.24) is 19.8 Å². The van der Waals surface area contributed by atoms with Gasteiger partial charge >= 0.3 is 0 Å². The topological polar surface area (TPSA) is 98.3 Å². The van der Waals surface area contributed by atoms with E-state index in [0.29, 0.717) is 59.4 Å². The van der Waals surface area contributed by atoms with Crippen LogP contribution in [0, 0.1) is 11.6 Å². The number of rotatable bonds is 10. The zero-order valence-electron chi connectivity index (χ0n) is 27.7. The third-order valence-electron chi connectivity index (χ3n) is 10.2. The van der Waals surface area contributed by atoms with Crippen molar-refractivity contribution in [3.05, 3.63) is 59.9 Å². The zero-order valence-corrected chi connectivity index (χ0v) is 28.5. The fourth-order valence-electron chi connectivity index (χ4n) is 7.75. The summed E-state index contributed by atoms with van der Waals surface area (Å²) in [7, 11) is 1.61. The molecule has 4 fully saturated rings. The van der Waals surface area contributed by atoms with Gasteiger partial charge in [0.15, 0.2) is 5.82 Å². The molecule has 11 nitrogen and oxygen atoms in total. The second-order valence-electron chi connectivity index (χ2n) is 13.2. The Hall–Kier alpha value is -3.78. The van der Waals surface area contributed by atoms with Crippen LogP contribution in [0.2, 0.25) is 0 Å². The molecule has 2 unspecified atom stereocenters. The third-order valence-corrected chi connectivity index (χ3v) is 10.4. The summed E-state index contributed by atoms with van der Waals surface area (Å²) in [4.78, 5) is 35.2. The molecule has 0 radical (unpaired) electrons. The minimum atomic E-state index is -0.650. The van der Waals surface area contributed by atoms with E-state index in [-0.39, 0.29) is 18.2 Å². The number of carbonyl (C=O) groups excluding carboxylic acids is 1. The quantitative estimate of drug-likeness (QED) is 0.257. The molecule has 0 spiro atoms. The van der Waals surface area contributed by atoms with Gasteiger partial charge in [-0.2, -0.15) is 0 Å². The molecule has 7 rings (SSSR count). The normalized spacial score (nSPS) is 22.0. The largest absolute Gasteiger partial charge is 0.494 e. The maximum Gasteiger partial charge on any atom is 0.225 e. The lowest BCUT2D eigenvalue weighted by Crippen LogP contribution is -2.55. The summed E-state index contributed by atoms with van der Waals surface area (Å²) >= 11 is 5.92. The van der Waals surface area contributed by atoms with Crippen LogP contribution in [0.25, 0.3) is 0 Å². The second kappa shape index (κ2) is 15.0. The number of methoxy groups -OCH3 is 1. The highest BCUT2D eigenvalue weighted by Crippen LogP contribution is 2.41. The Kier molecular flexibility index (Phi) is 10.3. The van der Waals surface area contributed by atoms with Gasteiger partial charge in [-0.15, -0.1) is 11.6 Å². The number of nitrogens with zero attached hydrogens (tertiary/aromatic N) is 6. The molecule has 1 amide bonds. The lowest BCUT2D eigenvalue weighted by Gasteiger charge is -2.45. The monoisotopic (exact) mass is 696 g/mol. The Morgan fingerprint density at radius 2 is 1.73 bits per heavy atom. The van der Waals surface area contributed by atoms with E-state index in [4.69, 9.17) is 21.2 Å². The number of amides is 1. The Morgan fingerprint density at radius 1 is 0.939 bits per heavy atom. The highest BCUT2D eigenvalue weighted by Gasteiger charge is 2.35. The highest BCUT2D eigenvalue weighted by atomic mass is 35.5. The first-order chi connectivity index (χ1) is 23.9. The number of ether oxygens (including phenoxy) is 1. The minimum absolute atomic E-state index is 0.174. The number of hydroxylamine groups is 1. The number of carbonyl (C=O) groups is 1. The molecule has 4 aliphatic heterocycles. The Bertz CT molecular complexity index is 1620. The Morgan fingerprint density at radius 3 is 2.51 bits per heavy atom. The van der Waals surface area contributed by atoms with Crippen molar-refractivity contribution in [2.45, 2.75) is 56.7 Å². The van der Waals surface area contributed by atoms with Crippen LogP contribution in [-0.4, -0.2) is 96.6 Å². The zero-order chi connectivity index (χ0) is 33.9. The van der Waals surface area contributed by atoms with Gasteiger partial charge in [-0.1, -0.05) is 0 Å². The average Bonchev–Trinajstić information content (AvgIpc) is 3.79. The van der Waals surface area contributed by atoms with Crippen molar-refractivity contribution in [3.8, 4) is 5.75 Å². The number of aromatic nitrogens is 2. The minimum Gasteiger partial charge on any atom is -0.494 e. The maximum atomic E-state index is 14.0. The fourth-order valence-corrected chi connectivity index (χ4v) is 7.93. The Labute approximate surface area is 290 Å². The van der Waals surface area contributed by atoms with Crippen LogP contribution in [0.15, 0.2) is 42.7 Å². The number of hydrogen-bond acceptors (Lipinski definition) is 10. The Balaban J connectivity index is 1.10. The molecule has 262 valence electrons. The number of hydrogen-bond donors (Lipinski definition) is 2. The van der Waals surface area contributed by atoms with E-state index in [1.165, 1.54) is 44.4 Å². The molecule has 49 heavy (non-hydrogen) atoms. The number of anilines is 5. The van der Waals surface area contributed by atoms with Crippen molar-refractivity contribution in [2.24, 2.45) is 0 Å². The molecular weight excluding hydrogens is 654 g/mol. The molecule has 0 bridgehead atoms. The van der Waals surface area contributed by atoms with Gasteiger partial charge in [0, 0.05) is 81.7 Å². The van der Waals surface area contributed by atoms with Crippen molar-refractivity contribution in [3.63, 3.8) is 0 Å². The summed E-state index contributed by atoms with van der Waals surface area (Å²) in [6, 6.07) is 9.80. The number of fused-ring (bicyclic) bond motifs is 1. The van der Waals surface area contributed by atoms with Gasteiger partial charge in [0.1, 0.15) is 29.5 Å². The van der Waals surface area contributed by atoms with E-state index in [1.807, 2.05) is 12.1 Å².